The number of unbranched alkanes of at least 4 members (excludes halogenated alkanes) is 7. The molecular formula is C13H26O3. The highest BCUT2D eigenvalue weighted by atomic mass is 16.3. The number of ketones is 1. The van der Waals surface area contributed by atoms with Gasteiger partial charge in [0.2, 0.25) is 0 Å². The number of rotatable bonds is 11. The van der Waals surface area contributed by atoms with E-state index in [1.807, 2.05) is 0 Å². The second-order valence-electron chi connectivity index (χ2n) is 4.40. The third-order valence-electron chi connectivity index (χ3n) is 2.86. The van der Waals surface area contributed by atoms with Crippen molar-refractivity contribution in [3.8, 4) is 0 Å². The van der Waals surface area contributed by atoms with Crippen molar-refractivity contribution < 1.29 is 15.0 Å². The maximum atomic E-state index is 10.8. The molecule has 3 heteroatoms. The molecule has 1 atom stereocenters. The monoisotopic (exact) mass is 230 g/mol. The van der Waals surface area contributed by atoms with Crippen LogP contribution in [0.2, 0.25) is 0 Å². The molecule has 0 aliphatic rings. The van der Waals surface area contributed by atoms with E-state index in [-0.39, 0.29) is 0 Å². The highest BCUT2D eigenvalue weighted by Gasteiger charge is 2.12. The van der Waals surface area contributed by atoms with Crippen LogP contribution in [0.5, 0.6) is 0 Å². The van der Waals surface area contributed by atoms with Gasteiger partial charge < -0.3 is 10.2 Å². The molecular weight excluding hydrogens is 204 g/mol. The quantitative estimate of drug-likeness (QED) is 0.536. The summed E-state index contributed by atoms with van der Waals surface area (Å²) in [7, 11) is 0. The first kappa shape index (κ1) is 15.6. The van der Waals surface area contributed by atoms with Crippen molar-refractivity contribution in [2.75, 3.05) is 6.61 Å². The van der Waals surface area contributed by atoms with Crippen LogP contribution in [0.1, 0.15) is 64.7 Å². The van der Waals surface area contributed by atoms with Gasteiger partial charge in [-0.2, -0.15) is 0 Å². The summed E-state index contributed by atoms with van der Waals surface area (Å²) in [6, 6.07) is 0. The van der Waals surface area contributed by atoms with E-state index in [2.05, 4.69) is 6.92 Å². The van der Waals surface area contributed by atoms with Crippen LogP contribution in [0.4, 0.5) is 0 Å². The Morgan fingerprint density at radius 3 is 2.00 bits per heavy atom. The Morgan fingerprint density at radius 2 is 1.50 bits per heavy atom. The molecule has 96 valence electrons. The predicted octanol–water partition coefficient (Wildman–Crippen LogP) is 2.44. The van der Waals surface area contributed by atoms with Crippen molar-refractivity contribution in [2.45, 2.75) is 70.8 Å². The summed E-state index contributed by atoms with van der Waals surface area (Å²) in [5.41, 5.74) is 0. The predicted molar refractivity (Wildman–Crippen MR) is 65.3 cm³/mol. The lowest BCUT2D eigenvalue weighted by atomic mass is 10.0. The van der Waals surface area contributed by atoms with Gasteiger partial charge in [-0.15, -0.1) is 0 Å². The van der Waals surface area contributed by atoms with Crippen LogP contribution in [-0.2, 0) is 4.79 Å². The van der Waals surface area contributed by atoms with E-state index >= 15 is 0 Å². The maximum Gasteiger partial charge on any atom is 0.186 e. The number of aliphatic hydroxyl groups is 2. The standard InChI is InChI=1S/C13H26O3/c1-2-3-4-5-6-7-8-9-10-12(15)13(16)11-14/h12,14-15H,2-11H2,1H3. The Morgan fingerprint density at radius 1 is 1.00 bits per heavy atom. The van der Waals surface area contributed by atoms with E-state index < -0.39 is 18.5 Å². The molecule has 0 aromatic heterocycles. The van der Waals surface area contributed by atoms with Crippen molar-refractivity contribution in [3.05, 3.63) is 0 Å². The Kier molecular flexibility index (Phi) is 10.8. The van der Waals surface area contributed by atoms with Crippen molar-refractivity contribution in [2.24, 2.45) is 0 Å². The lowest BCUT2D eigenvalue weighted by molar-refractivity contribution is -0.130. The van der Waals surface area contributed by atoms with Gasteiger partial charge in [0.05, 0.1) is 0 Å². The second kappa shape index (κ2) is 11.1. The minimum atomic E-state index is -0.954. The number of carbonyl (C=O) groups is 1. The second-order valence-corrected chi connectivity index (χ2v) is 4.40. The van der Waals surface area contributed by atoms with Gasteiger partial charge in [0.15, 0.2) is 5.78 Å². The average molecular weight is 230 g/mol. The molecule has 0 fully saturated rings. The van der Waals surface area contributed by atoms with Crippen LogP contribution in [0.3, 0.4) is 0 Å². The number of aliphatic hydroxyl groups excluding tert-OH is 2. The zero-order chi connectivity index (χ0) is 12.2. The van der Waals surface area contributed by atoms with E-state index in [1.165, 1.54) is 38.5 Å². The van der Waals surface area contributed by atoms with Crippen molar-refractivity contribution in [1.29, 1.82) is 0 Å². The van der Waals surface area contributed by atoms with E-state index in [9.17, 15) is 9.90 Å². The Hall–Kier alpha value is -0.410. The van der Waals surface area contributed by atoms with Crippen LogP contribution in [0.15, 0.2) is 0 Å². The lowest BCUT2D eigenvalue weighted by Crippen LogP contribution is -2.23. The fourth-order valence-electron chi connectivity index (χ4n) is 1.74. The molecule has 0 amide bonds. The van der Waals surface area contributed by atoms with Crippen LogP contribution < -0.4 is 0 Å². The summed E-state index contributed by atoms with van der Waals surface area (Å²) < 4.78 is 0. The highest BCUT2D eigenvalue weighted by Crippen LogP contribution is 2.10. The van der Waals surface area contributed by atoms with Crippen molar-refractivity contribution in [3.63, 3.8) is 0 Å². The highest BCUT2D eigenvalue weighted by molar-refractivity contribution is 5.83. The summed E-state index contributed by atoms with van der Waals surface area (Å²) in [5, 5.41) is 17.8. The Bertz CT molecular complexity index is 169. The summed E-state index contributed by atoms with van der Waals surface area (Å²) in [6.07, 6.45) is 9.14. The number of hydrogen-bond donors (Lipinski definition) is 2. The molecule has 0 saturated heterocycles. The Balaban J connectivity index is 3.17. The van der Waals surface area contributed by atoms with E-state index in [0.29, 0.717) is 6.42 Å². The molecule has 3 nitrogen and oxygen atoms in total. The van der Waals surface area contributed by atoms with Gasteiger partial charge in [-0.1, -0.05) is 58.3 Å². The first-order valence-electron chi connectivity index (χ1n) is 6.54. The third-order valence-corrected chi connectivity index (χ3v) is 2.86. The van der Waals surface area contributed by atoms with Gasteiger partial charge in [0.25, 0.3) is 0 Å². The van der Waals surface area contributed by atoms with E-state index in [1.54, 1.807) is 0 Å². The number of Topliss-reactive ketones (excluding diaryl/α,β-unsaturated/α-hetero) is 1. The molecule has 0 heterocycles. The average Bonchev–Trinajstić information content (AvgIpc) is 2.31. The van der Waals surface area contributed by atoms with Gasteiger partial charge in [0.1, 0.15) is 12.7 Å². The first-order chi connectivity index (χ1) is 7.72. The van der Waals surface area contributed by atoms with Crippen LogP contribution in [-0.4, -0.2) is 28.7 Å². The molecule has 0 aromatic rings. The van der Waals surface area contributed by atoms with E-state index in [0.717, 1.165) is 12.8 Å². The summed E-state index contributed by atoms with van der Waals surface area (Å²) in [6.45, 7) is 1.66. The molecule has 0 spiro atoms. The minimum Gasteiger partial charge on any atom is -0.388 e. The zero-order valence-electron chi connectivity index (χ0n) is 10.5. The number of carbonyl (C=O) groups excluding carboxylic acids is 1. The fourth-order valence-corrected chi connectivity index (χ4v) is 1.74. The summed E-state index contributed by atoms with van der Waals surface area (Å²) >= 11 is 0. The molecule has 16 heavy (non-hydrogen) atoms. The van der Waals surface area contributed by atoms with Gasteiger partial charge in [0, 0.05) is 0 Å². The molecule has 0 saturated carbocycles. The third kappa shape index (κ3) is 8.86. The molecule has 1 unspecified atom stereocenters. The normalized spacial score (nSPS) is 12.7. The molecule has 0 rings (SSSR count). The van der Waals surface area contributed by atoms with Crippen LogP contribution >= 0.6 is 0 Å². The summed E-state index contributed by atoms with van der Waals surface area (Å²) in [5.74, 6) is -0.456. The van der Waals surface area contributed by atoms with Crippen LogP contribution in [0.25, 0.3) is 0 Å². The lowest BCUT2D eigenvalue weighted by Gasteiger charge is -2.07. The van der Waals surface area contributed by atoms with Crippen molar-refractivity contribution in [1.82, 2.24) is 0 Å². The van der Waals surface area contributed by atoms with Crippen LogP contribution in [0, 0.1) is 0 Å². The van der Waals surface area contributed by atoms with E-state index in [4.69, 9.17) is 5.11 Å². The molecule has 0 bridgehead atoms. The fraction of sp³-hybridized carbons (Fsp3) is 0.923. The molecule has 2 N–H and O–H groups in total. The van der Waals surface area contributed by atoms with Gasteiger partial charge in [-0.25, -0.2) is 0 Å². The molecule has 0 aliphatic carbocycles. The van der Waals surface area contributed by atoms with Gasteiger partial charge >= 0.3 is 0 Å². The maximum absolute atomic E-state index is 10.8. The van der Waals surface area contributed by atoms with Gasteiger partial charge in [-0.05, 0) is 6.42 Å². The topological polar surface area (TPSA) is 57.5 Å². The Labute approximate surface area is 98.9 Å². The summed E-state index contributed by atoms with van der Waals surface area (Å²) in [4.78, 5) is 10.8. The molecule has 0 radical (unpaired) electrons. The minimum absolute atomic E-state index is 0.456. The zero-order valence-corrected chi connectivity index (χ0v) is 10.5. The SMILES string of the molecule is CCCCCCCCCCC(O)C(=O)CO. The van der Waals surface area contributed by atoms with Gasteiger partial charge in [-0.3, -0.25) is 4.79 Å². The van der Waals surface area contributed by atoms with Crippen molar-refractivity contribution >= 4 is 5.78 Å². The number of hydrogen-bond acceptors (Lipinski definition) is 3. The largest absolute Gasteiger partial charge is 0.388 e. The smallest absolute Gasteiger partial charge is 0.186 e. The molecule has 0 aliphatic heterocycles. The molecule has 0 aromatic carbocycles. The first-order valence-corrected chi connectivity index (χ1v) is 6.54.